The second kappa shape index (κ2) is 5.29. The van der Waals surface area contributed by atoms with Crippen LogP contribution in [-0.4, -0.2) is 12.1 Å². The Balaban J connectivity index is 2.23. The van der Waals surface area contributed by atoms with Gasteiger partial charge in [-0.1, -0.05) is 12.8 Å². The topological polar surface area (TPSA) is 12.0 Å². The molecule has 0 aromatic carbocycles. The van der Waals surface area contributed by atoms with Crippen LogP contribution >= 0.6 is 0 Å². The summed E-state index contributed by atoms with van der Waals surface area (Å²) >= 11 is 0. The van der Waals surface area contributed by atoms with Crippen molar-refractivity contribution in [1.29, 1.82) is 0 Å². The lowest BCUT2D eigenvalue weighted by Crippen LogP contribution is -2.38. The van der Waals surface area contributed by atoms with E-state index in [2.05, 4.69) is 25.1 Å². The number of rotatable bonds is 4. The van der Waals surface area contributed by atoms with Gasteiger partial charge in [-0.25, -0.2) is 0 Å². The minimum atomic E-state index is 0.473. The van der Waals surface area contributed by atoms with Crippen LogP contribution in [0.5, 0.6) is 0 Å². The minimum absolute atomic E-state index is 0.473. The first-order chi connectivity index (χ1) is 6.24. The van der Waals surface area contributed by atoms with Crippen molar-refractivity contribution >= 4 is 0 Å². The van der Waals surface area contributed by atoms with Gasteiger partial charge in [-0.2, -0.15) is 0 Å². The number of nitrogens with one attached hydrogen (secondary N) is 1. The maximum absolute atomic E-state index is 5.27. The van der Waals surface area contributed by atoms with Gasteiger partial charge in [-0.05, 0) is 32.6 Å². The summed E-state index contributed by atoms with van der Waals surface area (Å²) in [7, 11) is 0. The molecule has 1 aliphatic rings. The van der Waals surface area contributed by atoms with Crippen molar-refractivity contribution in [3.8, 4) is 12.3 Å². The van der Waals surface area contributed by atoms with Crippen molar-refractivity contribution in [2.45, 2.75) is 58.0 Å². The molecule has 1 heteroatoms. The van der Waals surface area contributed by atoms with E-state index in [0.29, 0.717) is 12.1 Å². The standard InChI is InChI=1S/C12H21N/c1-4-7-10(2)13-11(3)12-8-5-6-9-12/h1,10-13H,5-9H2,2-3H3. The Morgan fingerprint density at radius 2 is 2.00 bits per heavy atom. The number of hydrogen-bond acceptors (Lipinski definition) is 1. The van der Waals surface area contributed by atoms with Crippen molar-refractivity contribution < 1.29 is 0 Å². The fourth-order valence-electron chi connectivity index (χ4n) is 2.28. The molecule has 1 fully saturated rings. The van der Waals surface area contributed by atoms with Crippen molar-refractivity contribution in [2.75, 3.05) is 0 Å². The molecule has 0 heterocycles. The summed E-state index contributed by atoms with van der Waals surface area (Å²) in [5, 5.41) is 3.58. The number of hydrogen-bond donors (Lipinski definition) is 1. The Morgan fingerprint density at radius 1 is 1.38 bits per heavy atom. The SMILES string of the molecule is C#CCC(C)NC(C)C1CCCC1. The summed E-state index contributed by atoms with van der Waals surface area (Å²) in [6.45, 7) is 4.47. The Bertz CT molecular complexity index is 174. The first kappa shape index (κ1) is 10.6. The monoisotopic (exact) mass is 179 g/mol. The van der Waals surface area contributed by atoms with Gasteiger partial charge < -0.3 is 5.32 Å². The highest BCUT2D eigenvalue weighted by Gasteiger charge is 2.21. The lowest BCUT2D eigenvalue weighted by Gasteiger charge is -2.23. The summed E-state index contributed by atoms with van der Waals surface area (Å²) in [6.07, 6.45) is 11.7. The Morgan fingerprint density at radius 3 is 2.54 bits per heavy atom. The van der Waals surface area contributed by atoms with E-state index < -0.39 is 0 Å². The van der Waals surface area contributed by atoms with Gasteiger partial charge in [-0.15, -0.1) is 12.3 Å². The highest BCUT2D eigenvalue weighted by molar-refractivity contribution is 4.89. The van der Waals surface area contributed by atoms with E-state index in [9.17, 15) is 0 Å². The zero-order valence-electron chi connectivity index (χ0n) is 8.84. The van der Waals surface area contributed by atoms with E-state index in [4.69, 9.17) is 6.42 Å². The maximum Gasteiger partial charge on any atom is 0.0238 e. The van der Waals surface area contributed by atoms with Gasteiger partial charge in [0, 0.05) is 18.5 Å². The van der Waals surface area contributed by atoms with Gasteiger partial charge >= 0.3 is 0 Å². The van der Waals surface area contributed by atoms with Gasteiger partial charge in [0.25, 0.3) is 0 Å². The molecule has 1 N–H and O–H groups in total. The van der Waals surface area contributed by atoms with Crippen LogP contribution in [0.2, 0.25) is 0 Å². The number of terminal acetylenes is 1. The molecule has 1 nitrogen and oxygen atoms in total. The third kappa shape index (κ3) is 3.40. The van der Waals surface area contributed by atoms with Crippen molar-refractivity contribution in [3.05, 3.63) is 0 Å². The van der Waals surface area contributed by atoms with Crippen molar-refractivity contribution in [2.24, 2.45) is 5.92 Å². The van der Waals surface area contributed by atoms with Gasteiger partial charge in [-0.3, -0.25) is 0 Å². The lowest BCUT2D eigenvalue weighted by atomic mass is 9.99. The van der Waals surface area contributed by atoms with Crippen LogP contribution in [0.25, 0.3) is 0 Å². The summed E-state index contributed by atoms with van der Waals surface area (Å²) in [4.78, 5) is 0. The molecule has 0 aromatic rings. The van der Waals surface area contributed by atoms with Crippen LogP contribution in [0.1, 0.15) is 46.0 Å². The molecule has 74 valence electrons. The van der Waals surface area contributed by atoms with Gasteiger partial charge in [0.1, 0.15) is 0 Å². The van der Waals surface area contributed by atoms with Gasteiger partial charge in [0.2, 0.25) is 0 Å². The average Bonchev–Trinajstić information content (AvgIpc) is 2.55. The zero-order chi connectivity index (χ0) is 9.68. The molecule has 0 bridgehead atoms. The largest absolute Gasteiger partial charge is 0.311 e. The molecule has 0 aliphatic heterocycles. The average molecular weight is 179 g/mol. The lowest BCUT2D eigenvalue weighted by molar-refractivity contribution is 0.351. The van der Waals surface area contributed by atoms with Crippen LogP contribution < -0.4 is 5.32 Å². The van der Waals surface area contributed by atoms with E-state index in [1.54, 1.807) is 0 Å². The van der Waals surface area contributed by atoms with E-state index >= 15 is 0 Å². The van der Waals surface area contributed by atoms with Crippen molar-refractivity contribution in [3.63, 3.8) is 0 Å². The molecule has 0 saturated heterocycles. The van der Waals surface area contributed by atoms with Crippen LogP contribution in [0.4, 0.5) is 0 Å². The van der Waals surface area contributed by atoms with E-state index in [-0.39, 0.29) is 0 Å². The second-order valence-corrected chi connectivity index (χ2v) is 4.31. The van der Waals surface area contributed by atoms with Gasteiger partial charge in [0.15, 0.2) is 0 Å². The highest BCUT2D eigenvalue weighted by Crippen LogP contribution is 2.27. The molecular formula is C12H21N. The second-order valence-electron chi connectivity index (χ2n) is 4.31. The predicted octanol–water partition coefficient (Wildman–Crippen LogP) is 2.57. The molecule has 0 spiro atoms. The molecule has 1 aliphatic carbocycles. The summed E-state index contributed by atoms with van der Waals surface area (Å²) in [5.41, 5.74) is 0. The van der Waals surface area contributed by atoms with Crippen LogP contribution in [0.15, 0.2) is 0 Å². The molecule has 0 radical (unpaired) electrons. The molecule has 0 amide bonds. The Labute approximate surface area is 82.3 Å². The molecule has 13 heavy (non-hydrogen) atoms. The van der Waals surface area contributed by atoms with Crippen LogP contribution in [-0.2, 0) is 0 Å². The first-order valence-corrected chi connectivity index (χ1v) is 5.43. The first-order valence-electron chi connectivity index (χ1n) is 5.43. The molecule has 1 saturated carbocycles. The zero-order valence-corrected chi connectivity index (χ0v) is 8.84. The van der Waals surface area contributed by atoms with Crippen LogP contribution in [0.3, 0.4) is 0 Å². The Hall–Kier alpha value is -0.480. The van der Waals surface area contributed by atoms with E-state index in [0.717, 1.165) is 12.3 Å². The molecular weight excluding hydrogens is 158 g/mol. The molecule has 2 atom stereocenters. The minimum Gasteiger partial charge on any atom is -0.311 e. The van der Waals surface area contributed by atoms with E-state index in [1.165, 1.54) is 25.7 Å². The molecule has 1 rings (SSSR count). The van der Waals surface area contributed by atoms with Crippen molar-refractivity contribution in [1.82, 2.24) is 5.32 Å². The van der Waals surface area contributed by atoms with E-state index in [1.807, 2.05) is 0 Å². The Kier molecular flexibility index (Phi) is 4.32. The summed E-state index contributed by atoms with van der Waals surface area (Å²) in [5.74, 6) is 3.59. The molecule has 0 aromatic heterocycles. The van der Waals surface area contributed by atoms with Crippen LogP contribution in [0, 0.1) is 18.3 Å². The highest BCUT2D eigenvalue weighted by atomic mass is 14.9. The van der Waals surface area contributed by atoms with Gasteiger partial charge in [0.05, 0.1) is 0 Å². The maximum atomic E-state index is 5.27. The third-order valence-electron chi connectivity index (χ3n) is 3.08. The quantitative estimate of drug-likeness (QED) is 0.654. The summed E-state index contributed by atoms with van der Waals surface area (Å²) < 4.78 is 0. The summed E-state index contributed by atoms with van der Waals surface area (Å²) in [6, 6.07) is 1.12. The normalized spacial score (nSPS) is 22.5. The smallest absolute Gasteiger partial charge is 0.0238 e. The molecule has 2 unspecified atom stereocenters. The fourth-order valence-corrected chi connectivity index (χ4v) is 2.28. The third-order valence-corrected chi connectivity index (χ3v) is 3.08. The predicted molar refractivity (Wildman–Crippen MR) is 57.5 cm³/mol. The fraction of sp³-hybridized carbons (Fsp3) is 0.833.